The maximum absolute atomic E-state index is 12.0. The van der Waals surface area contributed by atoms with E-state index in [4.69, 9.17) is 9.47 Å². The van der Waals surface area contributed by atoms with E-state index in [0.717, 1.165) is 12.8 Å². The number of amides is 1. The summed E-state index contributed by atoms with van der Waals surface area (Å²) >= 11 is 0. The summed E-state index contributed by atoms with van der Waals surface area (Å²) in [7, 11) is 0. The third-order valence-electron chi connectivity index (χ3n) is 2.83. The van der Waals surface area contributed by atoms with E-state index in [-0.39, 0.29) is 18.5 Å². The Labute approximate surface area is 115 Å². The van der Waals surface area contributed by atoms with Gasteiger partial charge in [-0.3, -0.25) is 4.79 Å². The van der Waals surface area contributed by atoms with Gasteiger partial charge in [-0.1, -0.05) is 6.92 Å². The van der Waals surface area contributed by atoms with Crippen molar-refractivity contribution in [2.75, 3.05) is 19.8 Å². The maximum Gasteiger partial charge on any atom is 0.329 e. The van der Waals surface area contributed by atoms with Gasteiger partial charge in [-0.2, -0.15) is 0 Å². The van der Waals surface area contributed by atoms with E-state index in [2.05, 4.69) is 0 Å². The summed E-state index contributed by atoms with van der Waals surface area (Å²) in [5.74, 6) is -0.435. The zero-order valence-electron chi connectivity index (χ0n) is 12.4. The first-order chi connectivity index (χ1) is 8.85. The molecule has 1 amide bonds. The van der Waals surface area contributed by atoms with Gasteiger partial charge in [-0.25, -0.2) is 4.79 Å². The lowest BCUT2D eigenvalue weighted by molar-refractivity contribution is -0.164. The monoisotopic (exact) mass is 271 g/mol. The van der Waals surface area contributed by atoms with Crippen molar-refractivity contribution >= 4 is 11.9 Å². The fourth-order valence-corrected chi connectivity index (χ4v) is 2.07. The molecule has 1 heterocycles. The first-order valence-corrected chi connectivity index (χ1v) is 6.95. The highest BCUT2D eigenvalue weighted by Gasteiger charge is 2.36. The highest BCUT2D eigenvalue weighted by Crippen LogP contribution is 2.21. The number of esters is 1. The van der Waals surface area contributed by atoms with Crippen molar-refractivity contribution in [3.05, 3.63) is 0 Å². The highest BCUT2D eigenvalue weighted by molar-refractivity contribution is 5.86. The van der Waals surface area contributed by atoms with Gasteiger partial charge in [0, 0.05) is 13.2 Å². The molecule has 1 rings (SSSR count). The van der Waals surface area contributed by atoms with Crippen molar-refractivity contribution in [2.45, 2.75) is 58.6 Å². The zero-order valence-corrected chi connectivity index (χ0v) is 12.4. The van der Waals surface area contributed by atoms with E-state index < -0.39 is 11.6 Å². The van der Waals surface area contributed by atoms with Gasteiger partial charge in [0.05, 0.1) is 0 Å². The van der Waals surface area contributed by atoms with Crippen LogP contribution in [0.2, 0.25) is 0 Å². The van der Waals surface area contributed by atoms with Crippen LogP contribution in [0.1, 0.15) is 47.0 Å². The van der Waals surface area contributed by atoms with Crippen LogP contribution < -0.4 is 0 Å². The molecular formula is C14H25NO4. The Kier molecular flexibility index (Phi) is 5.79. The molecule has 1 fully saturated rings. The van der Waals surface area contributed by atoms with Gasteiger partial charge < -0.3 is 14.4 Å². The topological polar surface area (TPSA) is 55.8 Å². The summed E-state index contributed by atoms with van der Waals surface area (Å²) in [4.78, 5) is 25.6. The Balaban J connectivity index is 2.53. The van der Waals surface area contributed by atoms with Gasteiger partial charge in [0.1, 0.15) is 18.2 Å². The number of ether oxygens (including phenoxy) is 2. The molecule has 5 heteroatoms. The zero-order chi connectivity index (χ0) is 14.5. The van der Waals surface area contributed by atoms with E-state index in [9.17, 15) is 9.59 Å². The lowest BCUT2D eigenvalue weighted by Crippen LogP contribution is -2.44. The molecule has 0 radical (unpaired) electrons. The average molecular weight is 271 g/mol. The lowest BCUT2D eigenvalue weighted by atomic mass is 10.1. The number of hydrogen-bond donors (Lipinski definition) is 0. The molecule has 0 aromatic heterocycles. The third kappa shape index (κ3) is 5.19. The van der Waals surface area contributed by atoms with Crippen LogP contribution in [0.15, 0.2) is 0 Å². The Morgan fingerprint density at radius 2 is 2.00 bits per heavy atom. The molecule has 0 bridgehead atoms. The Morgan fingerprint density at radius 1 is 1.32 bits per heavy atom. The van der Waals surface area contributed by atoms with E-state index in [1.807, 2.05) is 27.7 Å². The predicted octanol–water partition coefficient (Wildman–Crippen LogP) is 1.75. The predicted molar refractivity (Wildman–Crippen MR) is 71.7 cm³/mol. The molecule has 1 atom stereocenters. The minimum Gasteiger partial charge on any atom is -0.458 e. The van der Waals surface area contributed by atoms with Gasteiger partial charge in [0.15, 0.2) is 0 Å². The van der Waals surface area contributed by atoms with Crippen LogP contribution in [-0.2, 0) is 19.1 Å². The van der Waals surface area contributed by atoms with Crippen LogP contribution in [-0.4, -0.2) is 48.2 Å². The third-order valence-corrected chi connectivity index (χ3v) is 2.83. The van der Waals surface area contributed by atoms with Crippen molar-refractivity contribution < 1.29 is 19.1 Å². The summed E-state index contributed by atoms with van der Waals surface area (Å²) in [6.45, 7) is 8.70. The molecule has 19 heavy (non-hydrogen) atoms. The number of nitrogens with zero attached hydrogens (tertiary/aromatic N) is 1. The molecule has 0 aliphatic carbocycles. The van der Waals surface area contributed by atoms with Gasteiger partial charge in [0.2, 0.25) is 5.91 Å². The van der Waals surface area contributed by atoms with Crippen molar-refractivity contribution in [1.82, 2.24) is 4.90 Å². The number of carbonyl (C=O) groups excluding carboxylic acids is 2. The number of hydrogen-bond acceptors (Lipinski definition) is 4. The maximum atomic E-state index is 12.0. The lowest BCUT2D eigenvalue weighted by Gasteiger charge is -2.27. The highest BCUT2D eigenvalue weighted by atomic mass is 16.6. The molecule has 110 valence electrons. The van der Waals surface area contributed by atoms with Gasteiger partial charge in [0.25, 0.3) is 0 Å². The molecular weight excluding hydrogens is 246 g/mol. The standard InChI is InChI=1S/C14H25NO4/c1-5-9-18-10-12(16)15-8-6-7-11(15)13(17)19-14(2,3)4/h11H,5-10H2,1-4H3/t11-/m0/s1. The van der Waals surface area contributed by atoms with Crippen molar-refractivity contribution in [2.24, 2.45) is 0 Å². The van der Waals surface area contributed by atoms with E-state index >= 15 is 0 Å². The molecule has 5 nitrogen and oxygen atoms in total. The van der Waals surface area contributed by atoms with E-state index in [0.29, 0.717) is 19.6 Å². The molecule has 1 saturated heterocycles. The molecule has 0 aromatic rings. The van der Waals surface area contributed by atoms with Crippen LogP contribution in [0.4, 0.5) is 0 Å². The fourth-order valence-electron chi connectivity index (χ4n) is 2.07. The summed E-state index contributed by atoms with van der Waals surface area (Å²) in [5, 5.41) is 0. The van der Waals surface area contributed by atoms with Crippen LogP contribution in [0.3, 0.4) is 0 Å². The first kappa shape index (κ1) is 16.0. The van der Waals surface area contributed by atoms with Gasteiger partial charge >= 0.3 is 5.97 Å². The van der Waals surface area contributed by atoms with Crippen LogP contribution >= 0.6 is 0 Å². The van der Waals surface area contributed by atoms with Crippen molar-refractivity contribution in [3.8, 4) is 0 Å². The molecule has 0 aromatic carbocycles. The van der Waals surface area contributed by atoms with Gasteiger partial charge in [-0.15, -0.1) is 0 Å². The summed E-state index contributed by atoms with van der Waals surface area (Å²) < 4.78 is 10.6. The first-order valence-electron chi connectivity index (χ1n) is 6.95. The number of likely N-dealkylation sites (tertiary alicyclic amines) is 1. The quantitative estimate of drug-likeness (QED) is 0.564. The van der Waals surface area contributed by atoms with Crippen LogP contribution in [0, 0.1) is 0 Å². The fraction of sp³-hybridized carbons (Fsp3) is 0.857. The second kappa shape index (κ2) is 6.89. The summed E-state index contributed by atoms with van der Waals surface area (Å²) in [6, 6.07) is -0.447. The number of carbonyl (C=O) groups is 2. The van der Waals surface area contributed by atoms with Crippen LogP contribution in [0.5, 0.6) is 0 Å². The van der Waals surface area contributed by atoms with Crippen LogP contribution in [0.25, 0.3) is 0 Å². The van der Waals surface area contributed by atoms with Gasteiger partial charge in [-0.05, 0) is 40.0 Å². The smallest absolute Gasteiger partial charge is 0.329 e. The molecule has 0 unspecified atom stereocenters. The Morgan fingerprint density at radius 3 is 2.58 bits per heavy atom. The van der Waals surface area contributed by atoms with Crippen molar-refractivity contribution in [1.29, 1.82) is 0 Å². The molecule has 1 aliphatic rings. The molecule has 0 N–H and O–H groups in total. The SMILES string of the molecule is CCCOCC(=O)N1CCC[C@H]1C(=O)OC(C)(C)C. The second-order valence-corrected chi connectivity index (χ2v) is 5.83. The molecule has 1 aliphatic heterocycles. The minimum atomic E-state index is -0.521. The molecule has 0 spiro atoms. The molecule has 0 saturated carbocycles. The Hall–Kier alpha value is -1.10. The van der Waals surface area contributed by atoms with Crippen molar-refractivity contribution in [3.63, 3.8) is 0 Å². The summed E-state index contributed by atoms with van der Waals surface area (Å²) in [6.07, 6.45) is 2.39. The largest absolute Gasteiger partial charge is 0.458 e. The van der Waals surface area contributed by atoms with E-state index in [1.54, 1.807) is 4.90 Å². The number of rotatable bonds is 5. The average Bonchev–Trinajstić information content (AvgIpc) is 2.75. The Bertz CT molecular complexity index is 322. The normalized spacial score (nSPS) is 19.6. The minimum absolute atomic E-state index is 0.0487. The second-order valence-electron chi connectivity index (χ2n) is 5.83. The summed E-state index contributed by atoms with van der Waals surface area (Å²) in [5.41, 5.74) is -0.521. The van der Waals surface area contributed by atoms with E-state index in [1.165, 1.54) is 0 Å².